The molecule has 0 radical (unpaired) electrons. The topological polar surface area (TPSA) is 69.3 Å². The Hall–Kier alpha value is -2.80. The number of aryl methyl sites for hydroxylation is 1. The zero-order valence-corrected chi connectivity index (χ0v) is 16.9. The van der Waals surface area contributed by atoms with Crippen LogP contribution in [-0.2, 0) is 6.54 Å². The van der Waals surface area contributed by atoms with Gasteiger partial charge in [0, 0.05) is 5.69 Å². The normalized spacial score (nSPS) is 14.8. The van der Waals surface area contributed by atoms with Crippen LogP contribution in [-0.4, -0.2) is 45.3 Å². The zero-order chi connectivity index (χ0) is 20.3. The number of hydrogen-bond donors (Lipinski definition) is 1. The summed E-state index contributed by atoms with van der Waals surface area (Å²) in [6, 6.07) is 9.61. The van der Waals surface area contributed by atoms with Gasteiger partial charge in [0.25, 0.3) is 5.69 Å². The SMILES string of the molecule is COc1cc(C[NH+]2CCN(c3cccc(C)c3C)CC2)c([N+](=O)[O-])cc1OC. The van der Waals surface area contributed by atoms with E-state index in [2.05, 4.69) is 36.9 Å². The number of hydrogen-bond acceptors (Lipinski definition) is 5. The zero-order valence-electron chi connectivity index (χ0n) is 16.9. The number of quaternary nitrogens is 1. The molecule has 1 aliphatic rings. The van der Waals surface area contributed by atoms with Crippen LogP contribution in [0.2, 0.25) is 0 Å². The van der Waals surface area contributed by atoms with Gasteiger partial charge in [0.1, 0.15) is 6.54 Å². The lowest BCUT2D eigenvalue weighted by atomic mass is 10.1. The average molecular weight is 386 g/mol. The molecule has 7 heteroatoms. The first kappa shape index (κ1) is 19.9. The third kappa shape index (κ3) is 4.04. The van der Waals surface area contributed by atoms with Crippen LogP contribution in [0.3, 0.4) is 0 Å². The van der Waals surface area contributed by atoms with Crippen LogP contribution < -0.4 is 19.3 Å². The van der Waals surface area contributed by atoms with Crippen LogP contribution >= 0.6 is 0 Å². The molecule has 0 amide bonds. The summed E-state index contributed by atoms with van der Waals surface area (Å²) in [4.78, 5) is 14.9. The predicted molar refractivity (Wildman–Crippen MR) is 109 cm³/mol. The lowest BCUT2D eigenvalue weighted by Gasteiger charge is -2.34. The molecule has 7 nitrogen and oxygen atoms in total. The monoisotopic (exact) mass is 386 g/mol. The van der Waals surface area contributed by atoms with E-state index in [0.29, 0.717) is 23.6 Å². The van der Waals surface area contributed by atoms with E-state index in [1.165, 1.54) is 34.9 Å². The minimum Gasteiger partial charge on any atom is -0.493 e. The van der Waals surface area contributed by atoms with E-state index in [9.17, 15) is 10.1 Å². The molecule has 2 aromatic rings. The van der Waals surface area contributed by atoms with Gasteiger partial charge in [-0.3, -0.25) is 10.1 Å². The molecule has 3 rings (SSSR count). The van der Waals surface area contributed by atoms with Crippen molar-refractivity contribution in [3.63, 3.8) is 0 Å². The Balaban J connectivity index is 1.74. The molecule has 1 saturated heterocycles. The first-order chi connectivity index (χ1) is 13.4. The number of ether oxygens (including phenoxy) is 2. The van der Waals surface area contributed by atoms with Gasteiger partial charge in [0.05, 0.1) is 57.0 Å². The van der Waals surface area contributed by atoms with Crippen LogP contribution in [0.25, 0.3) is 0 Å². The minimum absolute atomic E-state index is 0.0853. The van der Waals surface area contributed by atoms with Gasteiger partial charge in [0.15, 0.2) is 11.5 Å². The van der Waals surface area contributed by atoms with Crippen LogP contribution in [0.1, 0.15) is 16.7 Å². The first-order valence-electron chi connectivity index (χ1n) is 9.48. The van der Waals surface area contributed by atoms with Gasteiger partial charge in [-0.1, -0.05) is 12.1 Å². The number of nitro groups is 1. The molecular formula is C21H28N3O4+. The molecule has 1 aliphatic heterocycles. The van der Waals surface area contributed by atoms with Gasteiger partial charge in [-0.05, 0) is 37.1 Å². The lowest BCUT2D eigenvalue weighted by molar-refractivity contribution is -0.914. The number of anilines is 1. The standard InChI is InChI=1S/C21H27N3O4/c1-15-6-5-7-18(16(15)2)23-10-8-22(9-11-23)14-17-12-20(27-3)21(28-4)13-19(17)24(25)26/h5-7,12-13H,8-11,14H2,1-4H3/p+1. The number of nitrogens with one attached hydrogen (secondary N) is 1. The molecule has 1 fully saturated rings. The molecule has 0 atom stereocenters. The summed E-state index contributed by atoms with van der Waals surface area (Å²) in [5, 5.41) is 11.5. The van der Waals surface area contributed by atoms with Gasteiger partial charge in [-0.2, -0.15) is 0 Å². The smallest absolute Gasteiger partial charge is 0.282 e. The maximum atomic E-state index is 11.5. The quantitative estimate of drug-likeness (QED) is 0.608. The fourth-order valence-corrected chi connectivity index (χ4v) is 3.81. The number of piperazine rings is 1. The Morgan fingerprint density at radius 2 is 1.75 bits per heavy atom. The molecular weight excluding hydrogens is 358 g/mol. The summed E-state index contributed by atoms with van der Waals surface area (Å²) in [6.45, 7) is 8.61. The van der Waals surface area contributed by atoms with E-state index in [1.807, 2.05) is 0 Å². The van der Waals surface area contributed by atoms with Crippen molar-refractivity contribution >= 4 is 11.4 Å². The highest BCUT2D eigenvalue weighted by Crippen LogP contribution is 2.34. The highest BCUT2D eigenvalue weighted by atomic mass is 16.6. The number of rotatable bonds is 6. The Labute approximate surface area is 165 Å². The van der Waals surface area contributed by atoms with Crippen LogP contribution in [0.4, 0.5) is 11.4 Å². The summed E-state index contributed by atoms with van der Waals surface area (Å²) >= 11 is 0. The second-order valence-electron chi connectivity index (χ2n) is 7.23. The largest absolute Gasteiger partial charge is 0.493 e. The van der Waals surface area contributed by atoms with E-state index < -0.39 is 0 Å². The average Bonchev–Trinajstić information content (AvgIpc) is 2.70. The molecule has 1 N–H and O–H groups in total. The van der Waals surface area contributed by atoms with Gasteiger partial charge < -0.3 is 19.3 Å². The predicted octanol–water partition coefficient (Wildman–Crippen LogP) is 2.13. The van der Waals surface area contributed by atoms with E-state index >= 15 is 0 Å². The third-order valence-corrected chi connectivity index (χ3v) is 5.61. The van der Waals surface area contributed by atoms with Gasteiger partial charge >= 0.3 is 0 Å². The fourth-order valence-electron chi connectivity index (χ4n) is 3.81. The van der Waals surface area contributed by atoms with Crippen molar-refractivity contribution in [1.82, 2.24) is 0 Å². The maximum absolute atomic E-state index is 11.5. The van der Waals surface area contributed by atoms with Crippen molar-refractivity contribution in [2.24, 2.45) is 0 Å². The maximum Gasteiger partial charge on any atom is 0.282 e. The van der Waals surface area contributed by atoms with Crippen molar-refractivity contribution in [3.05, 3.63) is 57.1 Å². The molecule has 0 saturated carbocycles. The number of nitro benzene ring substituents is 1. The third-order valence-electron chi connectivity index (χ3n) is 5.61. The number of methoxy groups -OCH3 is 2. The van der Waals surface area contributed by atoms with E-state index in [4.69, 9.17) is 9.47 Å². The summed E-state index contributed by atoms with van der Waals surface area (Å²) in [7, 11) is 3.03. The number of nitrogens with zero attached hydrogens (tertiary/aromatic N) is 2. The van der Waals surface area contributed by atoms with Crippen molar-refractivity contribution in [3.8, 4) is 11.5 Å². The number of benzene rings is 2. The van der Waals surface area contributed by atoms with E-state index in [0.717, 1.165) is 26.2 Å². The molecule has 0 unspecified atom stereocenters. The molecule has 2 aromatic carbocycles. The first-order valence-corrected chi connectivity index (χ1v) is 9.48. The van der Waals surface area contributed by atoms with Crippen molar-refractivity contribution < 1.29 is 19.3 Å². The van der Waals surface area contributed by atoms with Gasteiger partial charge in [-0.25, -0.2) is 0 Å². The Bertz CT molecular complexity index is 861. The fraction of sp³-hybridized carbons (Fsp3) is 0.429. The highest BCUT2D eigenvalue weighted by molar-refractivity contribution is 5.56. The molecule has 150 valence electrons. The van der Waals surface area contributed by atoms with Gasteiger partial charge in [0.2, 0.25) is 0 Å². The van der Waals surface area contributed by atoms with Crippen molar-refractivity contribution in [2.75, 3.05) is 45.3 Å². The molecule has 1 heterocycles. The summed E-state index contributed by atoms with van der Waals surface area (Å²) in [6.07, 6.45) is 0. The molecule has 28 heavy (non-hydrogen) atoms. The second kappa shape index (κ2) is 8.48. The lowest BCUT2D eigenvalue weighted by Crippen LogP contribution is -3.13. The summed E-state index contributed by atoms with van der Waals surface area (Å²) < 4.78 is 10.5. The van der Waals surface area contributed by atoms with Crippen LogP contribution in [0.5, 0.6) is 11.5 Å². The molecule has 0 aliphatic carbocycles. The highest BCUT2D eigenvalue weighted by Gasteiger charge is 2.26. The molecule has 0 bridgehead atoms. The van der Waals surface area contributed by atoms with Crippen LogP contribution in [0.15, 0.2) is 30.3 Å². The van der Waals surface area contributed by atoms with Gasteiger partial charge in [-0.15, -0.1) is 0 Å². The van der Waals surface area contributed by atoms with E-state index in [-0.39, 0.29) is 10.6 Å². The molecule has 0 aromatic heterocycles. The Kier molecular flexibility index (Phi) is 6.04. The Morgan fingerprint density at radius 1 is 1.11 bits per heavy atom. The van der Waals surface area contributed by atoms with Crippen molar-refractivity contribution in [2.45, 2.75) is 20.4 Å². The second-order valence-corrected chi connectivity index (χ2v) is 7.23. The minimum atomic E-state index is -0.344. The van der Waals surface area contributed by atoms with E-state index in [1.54, 1.807) is 13.2 Å². The summed E-state index contributed by atoms with van der Waals surface area (Å²) in [5.41, 5.74) is 4.67. The molecule has 0 spiro atoms. The summed E-state index contributed by atoms with van der Waals surface area (Å²) in [5.74, 6) is 0.907. The Morgan fingerprint density at radius 3 is 2.36 bits per heavy atom. The van der Waals surface area contributed by atoms with Crippen molar-refractivity contribution in [1.29, 1.82) is 0 Å². The van der Waals surface area contributed by atoms with Crippen LogP contribution in [0, 0.1) is 24.0 Å².